The van der Waals surface area contributed by atoms with E-state index in [2.05, 4.69) is 54.4 Å². The highest BCUT2D eigenvalue weighted by atomic mass is 16.5. The summed E-state index contributed by atoms with van der Waals surface area (Å²) in [5.74, 6) is 0.400. The first-order valence-electron chi connectivity index (χ1n) is 12.4. The fraction of sp³-hybridized carbons (Fsp3) is 0.500. The first-order chi connectivity index (χ1) is 15.9. The minimum atomic E-state index is -0.831. The number of benzene rings is 1. The highest BCUT2D eigenvalue weighted by Crippen LogP contribution is 2.67. The maximum atomic E-state index is 10.9. The average molecular weight is 458 g/mol. The first kappa shape index (κ1) is 22.2. The Morgan fingerprint density at radius 2 is 1.94 bits per heavy atom. The smallest absolute Gasteiger partial charge is 0.104 e. The molecule has 1 aromatic heterocycles. The summed E-state index contributed by atoms with van der Waals surface area (Å²) in [7, 11) is 0. The Bertz CT molecular complexity index is 1280. The van der Waals surface area contributed by atoms with Gasteiger partial charge in [0.05, 0.1) is 17.3 Å². The van der Waals surface area contributed by atoms with Crippen LogP contribution < -0.4 is 0 Å². The van der Waals surface area contributed by atoms with Gasteiger partial charge in [-0.2, -0.15) is 0 Å². The highest BCUT2D eigenvalue weighted by Gasteiger charge is 2.66. The van der Waals surface area contributed by atoms with Gasteiger partial charge in [-0.25, -0.2) is 0 Å². The van der Waals surface area contributed by atoms with Gasteiger partial charge in [0.1, 0.15) is 6.10 Å². The largest absolute Gasteiger partial charge is 0.390 e. The summed E-state index contributed by atoms with van der Waals surface area (Å²) in [5.41, 5.74) is 4.14. The van der Waals surface area contributed by atoms with E-state index in [0.717, 1.165) is 37.7 Å². The molecule has 4 heteroatoms. The first-order valence-corrected chi connectivity index (χ1v) is 12.4. The second kappa shape index (κ2) is 7.13. The van der Waals surface area contributed by atoms with Crippen LogP contribution >= 0.6 is 0 Å². The van der Waals surface area contributed by atoms with E-state index in [-0.39, 0.29) is 24.4 Å². The van der Waals surface area contributed by atoms with Gasteiger partial charge >= 0.3 is 0 Å². The maximum absolute atomic E-state index is 10.9. The summed E-state index contributed by atoms with van der Waals surface area (Å²) in [6.45, 7) is 4.45. The molecule has 0 amide bonds. The zero-order valence-electron chi connectivity index (χ0n) is 19.3. The van der Waals surface area contributed by atoms with Crippen LogP contribution in [0.25, 0.3) is 16.3 Å². The zero-order valence-corrected chi connectivity index (χ0v) is 19.3. The van der Waals surface area contributed by atoms with Gasteiger partial charge in [0, 0.05) is 29.1 Å². The predicted octanol–water partition coefficient (Wildman–Crippen LogP) is 5.60. The van der Waals surface area contributed by atoms with Crippen LogP contribution in [-0.4, -0.2) is 38.6 Å². The molecule has 1 saturated carbocycles. The molecular weight excluding hydrogens is 422 g/mol. The van der Waals surface area contributed by atoms with Crippen molar-refractivity contribution in [2.24, 2.45) is 17.3 Å². The zero-order chi connectivity index (χ0) is 22.6. The number of aliphatic hydroxyl groups excluding tert-OH is 2. The molecule has 1 aromatic carbocycles. The van der Waals surface area contributed by atoms with Crippen molar-refractivity contribution < 1.29 is 14.9 Å². The van der Waals surface area contributed by atoms with Crippen molar-refractivity contribution in [2.45, 2.75) is 76.8 Å². The molecule has 0 unspecified atom stereocenters. The lowest BCUT2D eigenvalue weighted by Gasteiger charge is -2.55. The fourth-order valence-corrected chi connectivity index (χ4v) is 7.99. The van der Waals surface area contributed by atoms with Crippen molar-refractivity contribution in [1.82, 2.24) is 4.98 Å². The van der Waals surface area contributed by atoms with Crippen LogP contribution in [0.15, 0.2) is 66.0 Å². The van der Waals surface area contributed by atoms with Crippen LogP contribution in [-0.2, 0) is 4.74 Å². The molecule has 2 spiro atoms. The molecule has 178 valence electrons. The van der Waals surface area contributed by atoms with Crippen LogP contribution in [0.2, 0.25) is 0 Å². The summed E-state index contributed by atoms with van der Waals surface area (Å²) < 4.78 is 7.15. The molecule has 1 saturated heterocycles. The Morgan fingerprint density at radius 3 is 2.79 bits per heavy atom. The van der Waals surface area contributed by atoms with Gasteiger partial charge < -0.3 is 14.9 Å². The lowest BCUT2D eigenvalue weighted by molar-refractivity contribution is -0.158. The Labute approximate surface area is 202 Å². The van der Waals surface area contributed by atoms with E-state index in [9.17, 15) is 10.2 Å². The third-order valence-electron chi connectivity index (χ3n) is 9.68. The minimum Gasteiger partial charge on any atom is -0.390 e. The number of rotatable bonds is 1. The quantitative estimate of drug-likeness (QED) is 0.585. The number of hydrogen-bond donors (Lipinski definition) is 2. The van der Waals surface area contributed by atoms with Crippen molar-refractivity contribution in [3.8, 4) is 0 Å². The van der Waals surface area contributed by atoms with Crippen LogP contribution in [0.1, 0.15) is 58.9 Å². The maximum Gasteiger partial charge on any atom is 0.104 e. The molecule has 34 heavy (non-hydrogen) atoms. The number of fused-ring (bicyclic) bond motifs is 2. The van der Waals surface area contributed by atoms with E-state index in [4.69, 9.17) is 4.74 Å². The van der Waals surface area contributed by atoms with Gasteiger partial charge in [-0.1, -0.05) is 51.6 Å². The predicted molar refractivity (Wildman–Crippen MR) is 135 cm³/mol. The summed E-state index contributed by atoms with van der Waals surface area (Å²) >= 11 is 0. The molecule has 5 aliphatic rings. The fourth-order valence-electron chi connectivity index (χ4n) is 7.99. The molecule has 7 rings (SSSR count). The molecule has 0 radical (unpaired) electrons. The Kier molecular flexibility index (Phi) is 4.66. The summed E-state index contributed by atoms with van der Waals surface area (Å²) in [6, 6.07) is 8.82. The molecule has 3 aliphatic carbocycles. The monoisotopic (exact) mass is 457 g/mol. The summed E-state index contributed by atoms with van der Waals surface area (Å²) in [6.07, 6.45) is 13.9. The van der Waals surface area contributed by atoms with Crippen LogP contribution in [0.5, 0.6) is 0 Å². The normalized spacial score (nSPS) is 42.1. The molecule has 2 aromatic rings. The topological polar surface area (TPSA) is 62.6 Å². The van der Waals surface area contributed by atoms with Gasteiger partial charge in [0.25, 0.3) is 0 Å². The minimum absolute atomic E-state index is 0. The van der Waals surface area contributed by atoms with E-state index in [1.54, 1.807) is 0 Å². The standard InChI is InChI=1S/C29H31NO3.CH4/c1-17-15-28-10-11-29(33-28)21(14-23(28)26(32)25(17)31)7-9-27(2)22(5-6-24(27)29)19-4-3-18-8-12-30-16-20(18)13-19;/h3-5,7-8,12-14,16-17,24-26,31-32H,6,9-11,15H2,1-2H3;1H4/t17-,24+,25+,26+,27+,28+,29+;/m0./s1. The van der Waals surface area contributed by atoms with E-state index in [1.807, 2.05) is 19.3 Å². The van der Waals surface area contributed by atoms with Crippen molar-refractivity contribution in [3.63, 3.8) is 0 Å². The van der Waals surface area contributed by atoms with Crippen LogP contribution in [0, 0.1) is 17.3 Å². The third kappa shape index (κ3) is 2.62. The van der Waals surface area contributed by atoms with Gasteiger partial charge in [-0.15, -0.1) is 0 Å². The summed E-state index contributed by atoms with van der Waals surface area (Å²) in [5, 5.41) is 23.9. The Balaban J connectivity index is 0.00000217. The van der Waals surface area contributed by atoms with E-state index in [1.165, 1.54) is 27.5 Å². The van der Waals surface area contributed by atoms with Crippen LogP contribution in [0.3, 0.4) is 0 Å². The molecule has 2 bridgehead atoms. The molecule has 2 N–H and O–H groups in total. The second-order valence-electron chi connectivity index (χ2n) is 11.3. The summed E-state index contributed by atoms with van der Waals surface area (Å²) in [4.78, 5) is 4.32. The lowest BCUT2D eigenvalue weighted by Crippen LogP contribution is -2.57. The molecule has 4 nitrogen and oxygen atoms in total. The average Bonchev–Trinajstić information content (AvgIpc) is 3.33. The molecule has 2 aliphatic heterocycles. The number of allylic oxidation sites excluding steroid dienone is 3. The SMILES string of the molecule is C.C[C@H]1C[C@@]23CC[C@@]4(O2)C(=CC[C@]2(C)C(c5ccc6ccncc6c5)=CC[C@H]24)C=C3[C@@H](O)[C@@H]1O. The van der Waals surface area contributed by atoms with Gasteiger partial charge in [-0.05, 0) is 77.8 Å². The van der Waals surface area contributed by atoms with E-state index < -0.39 is 17.8 Å². The van der Waals surface area contributed by atoms with Gasteiger partial charge in [0.2, 0.25) is 0 Å². The van der Waals surface area contributed by atoms with E-state index >= 15 is 0 Å². The third-order valence-corrected chi connectivity index (χ3v) is 9.68. The van der Waals surface area contributed by atoms with Gasteiger partial charge in [-0.3, -0.25) is 4.98 Å². The molecule has 7 atom stereocenters. The lowest BCUT2D eigenvalue weighted by atomic mass is 9.58. The van der Waals surface area contributed by atoms with Gasteiger partial charge in [0.15, 0.2) is 0 Å². The van der Waals surface area contributed by atoms with Crippen molar-refractivity contribution in [2.75, 3.05) is 0 Å². The van der Waals surface area contributed by atoms with Crippen molar-refractivity contribution >= 4 is 16.3 Å². The number of nitrogens with zero attached hydrogens (tertiary/aromatic N) is 1. The number of hydrogen-bond acceptors (Lipinski definition) is 4. The van der Waals surface area contributed by atoms with Crippen molar-refractivity contribution in [3.05, 3.63) is 71.6 Å². The number of ether oxygens (including phenoxy) is 1. The Hall–Kier alpha value is -2.27. The Morgan fingerprint density at radius 1 is 1.09 bits per heavy atom. The second-order valence-corrected chi connectivity index (χ2v) is 11.3. The van der Waals surface area contributed by atoms with Crippen LogP contribution in [0.4, 0.5) is 0 Å². The van der Waals surface area contributed by atoms with Crippen molar-refractivity contribution in [1.29, 1.82) is 0 Å². The number of pyridine rings is 1. The number of aromatic nitrogens is 1. The highest BCUT2D eigenvalue weighted by molar-refractivity contribution is 5.87. The molecule has 2 fully saturated rings. The molecular formula is C30H35NO3. The molecule has 3 heterocycles. The van der Waals surface area contributed by atoms with E-state index in [0.29, 0.717) is 5.92 Å². The number of aliphatic hydroxyl groups is 2.